The van der Waals surface area contributed by atoms with Crippen molar-refractivity contribution in [3.63, 3.8) is 0 Å². The SMILES string of the molecule is COC1OC(CN)C(OS(C)(=O)=O)C(OC)C1NC(=O)c1ccccc1. The standard InChI is InChI=1S/C16H24N2O7S/c1-22-14-12(18-15(19)10-7-5-4-6-8-10)16(23-2)24-11(9-17)13(14)25-26(3,20)21/h4-8,11-14,16H,9,17H2,1-3H3,(H,18,19). The van der Waals surface area contributed by atoms with Gasteiger partial charge in [-0.3, -0.25) is 8.98 Å². The summed E-state index contributed by atoms with van der Waals surface area (Å²) in [5.41, 5.74) is 6.12. The molecule has 0 radical (unpaired) electrons. The highest BCUT2D eigenvalue weighted by molar-refractivity contribution is 7.86. The zero-order chi connectivity index (χ0) is 19.3. The number of nitrogens with two attached hydrogens (primary N) is 1. The van der Waals surface area contributed by atoms with Crippen LogP contribution in [0.15, 0.2) is 30.3 Å². The maximum Gasteiger partial charge on any atom is 0.264 e. The molecule has 0 saturated carbocycles. The van der Waals surface area contributed by atoms with Gasteiger partial charge in [0.2, 0.25) is 0 Å². The van der Waals surface area contributed by atoms with Crippen LogP contribution in [0.3, 0.4) is 0 Å². The van der Waals surface area contributed by atoms with E-state index in [2.05, 4.69) is 5.32 Å². The fourth-order valence-corrected chi connectivity index (χ4v) is 3.51. The Morgan fingerprint density at radius 1 is 1.19 bits per heavy atom. The van der Waals surface area contributed by atoms with E-state index in [1.807, 2.05) is 0 Å². The van der Waals surface area contributed by atoms with E-state index in [9.17, 15) is 13.2 Å². The van der Waals surface area contributed by atoms with Gasteiger partial charge in [0, 0.05) is 26.3 Å². The molecule has 0 aromatic heterocycles. The average molecular weight is 388 g/mol. The molecular formula is C16H24N2O7S. The summed E-state index contributed by atoms with van der Waals surface area (Å²) in [6.07, 6.45) is -2.64. The fourth-order valence-electron chi connectivity index (χ4n) is 2.87. The average Bonchev–Trinajstić information content (AvgIpc) is 2.61. The van der Waals surface area contributed by atoms with Crippen molar-refractivity contribution in [1.82, 2.24) is 5.32 Å². The molecule has 2 rings (SSSR count). The monoisotopic (exact) mass is 388 g/mol. The zero-order valence-corrected chi connectivity index (χ0v) is 15.6. The van der Waals surface area contributed by atoms with Crippen LogP contribution < -0.4 is 11.1 Å². The predicted octanol–water partition coefficient (Wildman–Crippen LogP) is -0.525. The highest BCUT2D eigenvalue weighted by atomic mass is 32.2. The van der Waals surface area contributed by atoms with Crippen LogP contribution in [0.25, 0.3) is 0 Å². The third-order valence-electron chi connectivity index (χ3n) is 4.00. The maximum absolute atomic E-state index is 12.5. The normalized spacial score (nSPS) is 29.3. The molecule has 1 aromatic rings. The minimum absolute atomic E-state index is 0.0146. The van der Waals surface area contributed by atoms with Gasteiger partial charge in [-0.05, 0) is 12.1 Å². The molecule has 0 spiro atoms. The van der Waals surface area contributed by atoms with E-state index >= 15 is 0 Å². The lowest BCUT2D eigenvalue weighted by atomic mass is 9.96. The van der Waals surface area contributed by atoms with Gasteiger partial charge in [-0.2, -0.15) is 8.42 Å². The second kappa shape index (κ2) is 8.89. The number of rotatable bonds is 7. The number of nitrogens with one attached hydrogen (secondary N) is 1. The second-order valence-corrected chi connectivity index (χ2v) is 7.45. The summed E-state index contributed by atoms with van der Waals surface area (Å²) in [6, 6.07) is 7.73. The van der Waals surface area contributed by atoms with Crippen LogP contribution in [0.4, 0.5) is 0 Å². The molecule has 1 fully saturated rings. The Labute approximate surface area is 152 Å². The lowest BCUT2D eigenvalue weighted by Gasteiger charge is -2.44. The largest absolute Gasteiger partial charge is 0.376 e. The van der Waals surface area contributed by atoms with Gasteiger partial charge < -0.3 is 25.3 Å². The summed E-state index contributed by atoms with van der Waals surface area (Å²) in [6.45, 7) is -0.0146. The molecule has 1 aliphatic heterocycles. The maximum atomic E-state index is 12.5. The predicted molar refractivity (Wildman–Crippen MR) is 92.9 cm³/mol. The molecule has 1 aromatic carbocycles. The van der Waals surface area contributed by atoms with Crippen LogP contribution in [0, 0.1) is 0 Å². The number of hydrogen-bond acceptors (Lipinski definition) is 8. The van der Waals surface area contributed by atoms with Crippen molar-refractivity contribution in [2.24, 2.45) is 5.73 Å². The van der Waals surface area contributed by atoms with Crippen molar-refractivity contribution >= 4 is 16.0 Å². The Morgan fingerprint density at radius 3 is 2.35 bits per heavy atom. The third kappa shape index (κ3) is 5.00. The van der Waals surface area contributed by atoms with Crippen molar-refractivity contribution in [2.75, 3.05) is 27.0 Å². The summed E-state index contributed by atoms with van der Waals surface area (Å²) in [4.78, 5) is 12.5. The van der Waals surface area contributed by atoms with E-state index in [-0.39, 0.29) is 12.5 Å². The summed E-state index contributed by atoms with van der Waals surface area (Å²) in [5.74, 6) is -0.382. The Bertz CT molecular complexity index is 698. The fraction of sp³-hybridized carbons (Fsp3) is 0.562. The van der Waals surface area contributed by atoms with Gasteiger partial charge >= 0.3 is 0 Å². The number of carbonyl (C=O) groups is 1. The molecule has 0 bridgehead atoms. The van der Waals surface area contributed by atoms with Crippen molar-refractivity contribution in [2.45, 2.75) is 30.6 Å². The number of ether oxygens (including phenoxy) is 3. The molecule has 0 aliphatic carbocycles. The molecule has 1 saturated heterocycles. The molecule has 5 unspecified atom stereocenters. The topological polar surface area (TPSA) is 126 Å². The Morgan fingerprint density at radius 2 is 1.85 bits per heavy atom. The molecule has 9 nitrogen and oxygen atoms in total. The first-order valence-electron chi connectivity index (χ1n) is 7.96. The molecule has 3 N–H and O–H groups in total. The van der Waals surface area contributed by atoms with Crippen LogP contribution in [0.1, 0.15) is 10.4 Å². The minimum Gasteiger partial charge on any atom is -0.376 e. The molecule has 1 amide bonds. The van der Waals surface area contributed by atoms with Crippen molar-refractivity contribution in [3.8, 4) is 0 Å². The minimum atomic E-state index is -3.81. The van der Waals surface area contributed by atoms with E-state index in [4.69, 9.17) is 24.1 Å². The lowest BCUT2D eigenvalue weighted by molar-refractivity contribution is -0.251. The van der Waals surface area contributed by atoms with Crippen molar-refractivity contribution in [3.05, 3.63) is 35.9 Å². The highest BCUT2D eigenvalue weighted by Crippen LogP contribution is 2.27. The molecule has 1 aliphatic rings. The van der Waals surface area contributed by atoms with E-state index < -0.39 is 40.8 Å². The van der Waals surface area contributed by atoms with Gasteiger partial charge in [0.25, 0.3) is 16.0 Å². The van der Waals surface area contributed by atoms with E-state index in [1.54, 1.807) is 30.3 Å². The molecule has 10 heteroatoms. The summed E-state index contributed by atoms with van der Waals surface area (Å²) in [7, 11) is -1.01. The number of carbonyl (C=O) groups excluding carboxylic acids is 1. The zero-order valence-electron chi connectivity index (χ0n) is 14.8. The lowest BCUT2D eigenvalue weighted by Crippen LogP contribution is -2.66. The number of amides is 1. The third-order valence-corrected chi connectivity index (χ3v) is 4.57. The Kier molecular flexibility index (Phi) is 7.09. The first-order valence-corrected chi connectivity index (χ1v) is 9.77. The van der Waals surface area contributed by atoms with Crippen LogP contribution in [0.2, 0.25) is 0 Å². The van der Waals surface area contributed by atoms with Crippen LogP contribution in [-0.4, -0.2) is 72.0 Å². The first kappa shape index (κ1) is 20.7. The van der Waals surface area contributed by atoms with Crippen LogP contribution in [-0.2, 0) is 28.5 Å². The highest BCUT2D eigenvalue weighted by Gasteiger charge is 2.49. The molecule has 5 atom stereocenters. The summed E-state index contributed by atoms with van der Waals surface area (Å²) >= 11 is 0. The van der Waals surface area contributed by atoms with Gasteiger partial charge in [-0.1, -0.05) is 18.2 Å². The van der Waals surface area contributed by atoms with Crippen LogP contribution in [0.5, 0.6) is 0 Å². The molecule has 146 valence electrons. The first-order chi connectivity index (χ1) is 12.3. The van der Waals surface area contributed by atoms with Crippen molar-refractivity contribution < 1.29 is 31.6 Å². The molecular weight excluding hydrogens is 364 g/mol. The Hall–Kier alpha value is -1.56. The number of hydrogen-bond donors (Lipinski definition) is 2. The van der Waals surface area contributed by atoms with Gasteiger partial charge in [0.05, 0.1) is 6.26 Å². The van der Waals surface area contributed by atoms with E-state index in [1.165, 1.54) is 14.2 Å². The van der Waals surface area contributed by atoms with E-state index in [0.29, 0.717) is 5.56 Å². The molecule has 1 heterocycles. The van der Waals surface area contributed by atoms with Gasteiger partial charge in [0.15, 0.2) is 6.29 Å². The summed E-state index contributed by atoms with van der Waals surface area (Å²) in [5, 5.41) is 2.77. The van der Waals surface area contributed by atoms with Gasteiger partial charge in [-0.25, -0.2) is 0 Å². The van der Waals surface area contributed by atoms with Gasteiger partial charge in [-0.15, -0.1) is 0 Å². The molecule has 26 heavy (non-hydrogen) atoms. The van der Waals surface area contributed by atoms with Gasteiger partial charge in [0.1, 0.15) is 24.4 Å². The van der Waals surface area contributed by atoms with Crippen LogP contribution >= 0.6 is 0 Å². The smallest absolute Gasteiger partial charge is 0.264 e. The second-order valence-electron chi connectivity index (χ2n) is 5.84. The summed E-state index contributed by atoms with van der Waals surface area (Å²) < 4.78 is 44.8. The quantitative estimate of drug-likeness (QED) is 0.597. The van der Waals surface area contributed by atoms with E-state index in [0.717, 1.165) is 6.26 Å². The number of benzene rings is 1. The van der Waals surface area contributed by atoms with Crippen molar-refractivity contribution in [1.29, 1.82) is 0 Å². The Balaban J connectivity index is 2.29. The number of methoxy groups -OCH3 is 2.